The van der Waals surface area contributed by atoms with E-state index in [9.17, 15) is 13.2 Å². The van der Waals surface area contributed by atoms with E-state index in [1.807, 2.05) is 4.90 Å². The highest BCUT2D eigenvalue weighted by Gasteiger charge is 2.55. The van der Waals surface area contributed by atoms with Gasteiger partial charge >= 0.3 is 5.97 Å². The van der Waals surface area contributed by atoms with Crippen molar-refractivity contribution < 1.29 is 17.9 Å². The first-order valence-electron chi connectivity index (χ1n) is 9.10. The second-order valence-corrected chi connectivity index (χ2v) is 9.12. The summed E-state index contributed by atoms with van der Waals surface area (Å²) in [5.74, 6) is 0.250. The van der Waals surface area contributed by atoms with Crippen LogP contribution < -0.4 is 4.90 Å². The molecule has 2 aliphatic heterocycles. The third kappa shape index (κ3) is 3.42. The van der Waals surface area contributed by atoms with Crippen LogP contribution in [0.3, 0.4) is 0 Å². The fourth-order valence-corrected chi connectivity index (χ4v) is 5.23. The van der Waals surface area contributed by atoms with E-state index >= 15 is 0 Å². The van der Waals surface area contributed by atoms with Crippen molar-refractivity contribution in [2.75, 3.05) is 43.4 Å². The van der Waals surface area contributed by atoms with Crippen molar-refractivity contribution in [1.29, 1.82) is 0 Å². The third-order valence-electron chi connectivity index (χ3n) is 5.42. The quantitative estimate of drug-likeness (QED) is 0.699. The first kappa shape index (κ1) is 19.0. The van der Waals surface area contributed by atoms with Crippen LogP contribution in [0, 0.1) is 11.3 Å². The molecule has 0 N–H and O–H groups in total. The van der Waals surface area contributed by atoms with Gasteiger partial charge in [0.05, 0.1) is 17.8 Å². The highest BCUT2D eigenvalue weighted by Crippen LogP contribution is 2.44. The molecule has 144 valence electrons. The SMILES string of the molecule is CCOC(=O)[C@]12CCCN(S(=O)(=O)CC)C[C@H]1CN(c1ncccn1)C2. The summed E-state index contributed by atoms with van der Waals surface area (Å²) >= 11 is 0. The highest BCUT2D eigenvalue weighted by molar-refractivity contribution is 7.89. The number of rotatable bonds is 5. The number of aromatic nitrogens is 2. The van der Waals surface area contributed by atoms with Crippen LogP contribution in [0.1, 0.15) is 26.7 Å². The maximum Gasteiger partial charge on any atom is 0.314 e. The minimum atomic E-state index is -3.30. The van der Waals surface area contributed by atoms with Gasteiger partial charge in [-0.25, -0.2) is 22.7 Å². The lowest BCUT2D eigenvalue weighted by Gasteiger charge is -2.31. The van der Waals surface area contributed by atoms with Crippen molar-refractivity contribution in [2.24, 2.45) is 11.3 Å². The summed E-state index contributed by atoms with van der Waals surface area (Å²) < 4.78 is 31.8. The molecule has 0 radical (unpaired) electrons. The number of hydrogen-bond donors (Lipinski definition) is 0. The van der Waals surface area contributed by atoms with Crippen LogP contribution in [0.5, 0.6) is 0 Å². The molecule has 2 aliphatic rings. The molecule has 0 aliphatic carbocycles. The highest BCUT2D eigenvalue weighted by atomic mass is 32.2. The fourth-order valence-electron chi connectivity index (χ4n) is 4.05. The Labute approximate surface area is 154 Å². The molecule has 0 bridgehead atoms. The molecule has 0 unspecified atom stereocenters. The monoisotopic (exact) mass is 382 g/mol. The van der Waals surface area contributed by atoms with Crippen LogP contribution in [-0.4, -0.2) is 67.2 Å². The van der Waals surface area contributed by atoms with E-state index in [4.69, 9.17) is 4.74 Å². The van der Waals surface area contributed by atoms with Gasteiger partial charge in [0.25, 0.3) is 0 Å². The zero-order valence-corrected chi connectivity index (χ0v) is 16.1. The molecule has 0 aromatic carbocycles. The molecule has 8 nitrogen and oxygen atoms in total. The lowest BCUT2D eigenvalue weighted by Crippen LogP contribution is -2.43. The summed E-state index contributed by atoms with van der Waals surface area (Å²) in [6, 6.07) is 1.74. The smallest absolute Gasteiger partial charge is 0.314 e. The van der Waals surface area contributed by atoms with Gasteiger partial charge in [0.15, 0.2) is 0 Å². The number of carbonyl (C=O) groups excluding carboxylic acids is 1. The second-order valence-electron chi connectivity index (χ2n) is 6.86. The molecule has 0 amide bonds. The van der Waals surface area contributed by atoms with Gasteiger partial charge in [0, 0.05) is 44.5 Å². The Morgan fingerprint density at radius 2 is 2.04 bits per heavy atom. The average Bonchev–Trinajstić information content (AvgIpc) is 2.91. The van der Waals surface area contributed by atoms with Gasteiger partial charge in [-0.05, 0) is 32.8 Å². The third-order valence-corrected chi connectivity index (χ3v) is 7.27. The van der Waals surface area contributed by atoms with E-state index in [0.29, 0.717) is 51.6 Å². The number of fused-ring (bicyclic) bond motifs is 1. The Balaban J connectivity index is 1.93. The minimum absolute atomic E-state index is 0.0671. The Morgan fingerprint density at radius 1 is 1.31 bits per heavy atom. The van der Waals surface area contributed by atoms with Crippen molar-refractivity contribution >= 4 is 21.9 Å². The van der Waals surface area contributed by atoms with Crippen LogP contribution in [0.2, 0.25) is 0 Å². The number of esters is 1. The lowest BCUT2D eigenvalue weighted by atomic mass is 9.75. The van der Waals surface area contributed by atoms with Gasteiger partial charge in [-0.15, -0.1) is 0 Å². The number of hydrogen-bond acceptors (Lipinski definition) is 7. The zero-order valence-electron chi connectivity index (χ0n) is 15.3. The fraction of sp³-hybridized carbons (Fsp3) is 0.706. The molecule has 3 heterocycles. The van der Waals surface area contributed by atoms with Crippen molar-refractivity contribution in [1.82, 2.24) is 14.3 Å². The van der Waals surface area contributed by atoms with E-state index < -0.39 is 15.4 Å². The van der Waals surface area contributed by atoms with Gasteiger partial charge in [-0.2, -0.15) is 0 Å². The summed E-state index contributed by atoms with van der Waals surface area (Å²) in [6.07, 6.45) is 4.58. The summed E-state index contributed by atoms with van der Waals surface area (Å²) in [7, 11) is -3.30. The van der Waals surface area contributed by atoms with Crippen LogP contribution in [0.15, 0.2) is 18.5 Å². The first-order chi connectivity index (χ1) is 12.4. The van der Waals surface area contributed by atoms with Crippen molar-refractivity contribution in [3.63, 3.8) is 0 Å². The lowest BCUT2D eigenvalue weighted by molar-refractivity contribution is -0.157. The van der Waals surface area contributed by atoms with Gasteiger partial charge in [-0.1, -0.05) is 0 Å². The van der Waals surface area contributed by atoms with E-state index in [1.165, 1.54) is 4.31 Å². The topological polar surface area (TPSA) is 92.7 Å². The Morgan fingerprint density at radius 3 is 2.69 bits per heavy atom. The first-order valence-corrected chi connectivity index (χ1v) is 10.7. The molecule has 2 atom stereocenters. The summed E-state index contributed by atoms with van der Waals surface area (Å²) in [4.78, 5) is 23.5. The van der Waals surface area contributed by atoms with Crippen LogP contribution >= 0.6 is 0 Å². The molecular formula is C17H26N4O4S. The molecule has 9 heteroatoms. The van der Waals surface area contributed by atoms with E-state index in [-0.39, 0.29) is 17.6 Å². The van der Waals surface area contributed by atoms with Crippen LogP contribution in [0.4, 0.5) is 5.95 Å². The normalized spacial score (nSPS) is 27.0. The predicted octanol–water partition coefficient (Wildman–Crippen LogP) is 0.908. The maximum atomic E-state index is 12.9. The van der Waals surface area contributed by atoms with E-state index in [0.717, 1.165) is 0 Å². The van der Waals surface area contributed by atoms with Gasteiger partial charge in [-0.3, -0.25) is 4.79 Å². The van der Waals surface area contributed by atoms with Gasteiger partial charge < -0.3 is 9.64 Å². The standard InChI is InChI=1S/C17H26N4O4S/c1-3-25-15(22)17-7-5-10-21(26(23,24)4-2)12-14(17)11-20(13-17)16-18-8-6-9-19-16/h6,8-9,14H,3-5,7,10-13H2,1-2H3/t14-,17+/m1/s1. The number of anilines is 1. The van der Waals surface area contributed by atoms with Crippen molar-refractivity contribution in [3.05, 3.63) is 18.5 Å². The van der Waals surface area contributed by atoms with Crippen LogP contribution in [-0.2, 0) is 19.6 Å². The predicted molar refractivity (Wildman–Crippen MR) is 97.1 cm³/mol. The Bertz CT molecular complexity index is 742. The van der Waals surface area contributed by atoms with Crippen molar-refractivity contribution in [2.45, 2.75) is 26.7 Å². The molecule has 0 spiro atoms. The number of ether oxygens (including phenoxy) is 1. The Hall–Kier alpha value is -1.74. The molecule has 1 aromatic heterocycles. The average molecular weight is 382 g/mol. The van der Waals surface area contributed by atoms with Gasteiger partial charge in [0.1, 0.15) is 0 Å². The molecule has 1 aromatic rings. The molecular weight excluding hydrogens is 356 g/mol. The largest absolute Gasteiger partial charge is 0.466 e. The molecule has 3 rings (SSSR count). The maximum absolute atomic E-state index is 12.9. The van der Waals surface area contributed by atoms with Crippen molar-refractivity contribution in [3.8, 4) is 0 Å². The second kappa shape index (κ2) is 7.48. The zero-order chi connectivity index (χ0) is 18.8. The van der Waals surface area contributed by atoms with E-state index in [1.54, 1.807) is 32.3 Å². The van der Waals surface area contributed by atoms with Gasteiger partial charge in [0.2, 0.25) is 16.0 Å². The molecule has 0 saturated carbocycles. The summed E-state index contributed by atoms with van der Waals surface area (Å²) in [5.41, 5.74) is -0.715. The summed E-state index contributed by atoms with van der Waals surface area (Å²) in [6.45, 7) is 5.54. The summed E-state index contributed by atoms with van der Waals surface area (Å²) in [5, 5.41) is 0. The number of carbonyl (C=O) groups is 1. The molecule has 2 fully saturated rings. The Kier molecular flexibility index (Phi) is 5.47. The van der Waals surface area contributed by atoms with E-state index in [2.05, 4.69) is 9.97 Å². The van der Waals surface area contributed by atoms with Crippen LogP contribution in [0.25, 0.3) is 0 Å². The molecule has 26 heavy (non-hydrogen) atoms. The minimum Gasteiger partial charge on any atom is -0.466 e. The molecule has 2 saturated heterocycles. The number of sulfonamides is 1. The number of nitrogens with zero attached hydrogens (tertiary/aromatic N) is 4.